The van der Waals surface area contributed by atoms with Gasteiger partial charge in [-0.3, -0.25) is 0 Å². The number of hydrogen-bond acceptors (Lipinski definition) is 6. The van der Waals surface area contributed by atoms with E-state index < -0.39 is 4.92 Å². The molecule has 0 spiro atoms. The van der Waals surface area contributed by atoms with E-state index in [1.54, 1.807) is 12.3 Å². The van der Waals surface area contributed by atoms with Gasteiger partial charge in [-0.25, -0.2) is 4.98 Å². The van der Waals surface area contributed by atoms with Gasteiger partial charge >= 0.3 is 5.82 Å². The van der Waals surface area contributed by atoms with Crippen LogP contribution < -0.4 is 4.74 Å². The monoisotopic (exact) mass is 297 g/mol. The predicted molar refractivity (Wildman–Crippen MR) is 77.2 cm³/mol. The smallest absolute Gasteiger partial charge is 0.406 e. The average Bonchev–Trinajstić information content (AvgIpc) is 3.03. The van der Waals surface area contributed by atoms with Crippen LogP contribution in [0.15, 0.2) is 59.3 Å². The molecular formula is C15H11N3O4. The molecule has 0 aliphatic rings. The molecule has 22 heavy (non-hydrogen) atoms. The Bertz CT molecular complexity index is 786. The van der Waals surface area contributed by atoms with Crippen molar-refractivity contribution in [3.63, 3.8) is 0 Å². The van der Waals surface area contributed by atoms with Crippen molar-refractivity contribution < 1.29 is 14.1 Å². The van der Waals surface area contributed by atoms with Gasteiger partial charge in [0, 0.05) is 5.56 Å². The van der Waals surface area contributed by atoms with Gasteiger partial charge in [-0.15, -0.1) is 0 Å². The lowest BCUT2D eigenvalue weighted by atomic mass is 10.2. The van der Waals surface area contributed by atoms with E-state index in [0.717, 1.165) is 5.56 Å². The summed E-state index contributed by atoms with van der Waals surface area (Å²) in [4.78, 5) is 18.0. The second-order valence-corrected chi connectivity index (χ2v) is 4.36. The molecule has 0 radical (unpaired) electrons. The molecule has 2 aromatic heterocycles. The van der Waals surface area contributed by atoms with Crippen LogP contribution >= 0.6 is 0 Å². The van der Waals surface area contributed by atoms with Crippen LogP contribution in [0.2, 0.25) is 0 Å². The van der Waals surface area contributed by atoms with Gasteiger partial charge in [-0.2, -0.15) is 0 Å². The van der Waals surface area contributed by atoms with Crippen molar-refractivity contribution in [2.75, 3.05) is 0 Å². The lowest BCUT2D eigenvalue weighted by molar-refractivity contribution is -0.390. The van der Waals surface area contributed by atoms with Crippen LogP contribution in [0.5, 0.6) is 5.75 Å². The maximum Gasteiger partial charge on any atom is 0.406 e. The summed E-state index contributed by atoms with van der Waals surface area (Å²) in [6.45, 7) is -0.0145. The maximum absolute atomic E-state index is 10.8. The SMILES string of the molecule is O=[N+]([O-])c1ncccc1OCc1ncc(-c2ccccc2)o1. The Kier molecular flexibility index (Phi) is 3.78. The zero-order chi connectivity index (χ0) is 15.4. The molecule has 2 heterocycles. The van der Waals surface area contributed by atoms with Crippen LogP contribution in [0.3, 0.4) is 0 Å². The van der Waals surface area contributed by atoms with Gasteiger partial charge in [0.15, 0.2) is 12.4 Å². The molecule has 0 amide bonds. The highest BCUT2D eigenvalue weighted by Crippen LogP contribution is 2.25. The fraction of sp³-hybridized carbons (Fsp3) is 0.0667. The summed E-state index contributed by atoms with van der Waals surface area (Å²) in [6, 6.07) is 12.5. The standard InChI is InChI=1S/C15H11N3O4/c19-18(20)15-12(7-4-8-16-15)21-10-14-17-9-13(22-14)11-5-2-1-3-6-11/h1-9H,10H2. The predicted octanol–water partition coefficient (Wildman–Crippen LogP) is 3.22. The van der Waals surface area contributed by atoms with Crippen LogP contribution in [-0.2, 0) is 6.61 Å². The Morgan fingerprint density at radius 2 is 1.95 bits per heavy atom. The fourth-order valence-corrected chi connectivity index (χ4v) is 1.88. The van der Waals surface area contributed by atoms with E-state index in [4.69, 9.17) is 9.15 Å². The van der Waals surface area contributed by atoms with Crippen LogP contribution in [0, 0.1) is 10.1 Å². The van der Waals surface area contributed by atoms with Gasteiger partial charge in [0.05, 0.1) is 6.20 Å². The number of ether oxygens (including phenoxy) is 1. The molecule has 0 bridgehead atoms. The molecular weight excluding hydrogens is 286 g/mol. The highest BCUT2D eigenvalue weighted by Gasteiger charge is 2.16. The van der Waals surface area contributed by atoms with Crippen molar-refractivity contribution >= 4 is 5.82 Å². The van der Waals surface area contributed by atoms with E-state index in [1.807, 2.05) is 30.3 Å². The first kappa shape index (κ1) is 13.7. The van der Waals surface area contributed by atoms with Crippen LogP contribution in [0.4, 0.5) is 5.82 Å². The minimum Gasteiger partial charge on any atom is -0.476 e. The molecule has 0 unspecified atom stereocenters. The summed E-state index contributed by atoms with van der Waals surface area (Å²) in [5.74, 6) is 0.682. The van der Waals surface area contributed by atoms with Gasteiger partial charge in [-0.1, -0.05) is 30.3 Å². The van der Waals surface area contributed by atoms with Crippen molar-refractivity contribution in [1.82, 2.24) is 9.97 Å². The summed E-state index contributed by atoms with van der Waals surface area (Å²) < 4.78 is 10.9. The molecule has 0 saturated heterocycles. The molecule has 110 valence electrons. The summed E-state index contributed by atoms with van der Waals surface area (Å²) in [5, 5.41) is 10.8. The number of nitrogens with zero attached hydrogens (tertiary/aromatic N) is 3. The number of oxazole rings is 1. The molecule has 0 aliphatic carbocycles. The molecule has 0 fully saturated rings. The Morgan fingerprint density at radius 3 is 2.73 bits per heavy atom. The molecule has 7 heteroatoms. The number of nitro groups is 1. The number of aromatic nitrogens is 2. The second kappa shape index (κ2) is 6.04. The number of pyridine rings is 1. The van der Waals surface area contributed by atoms with Gasteiger partial charge in [-0.05, 0) is 22.0 Å². The maximum atomic E-state index is 10.8. The fourth-order valence-electron chi connectivity index (χ4n) is 1.88. The van der Waals surface area contributed by atoms with Crippen molar-refractivity contribution in [2.45, 2.75) is 6.61 Å². The van der Waals surface area contributed by atoms with E-state index in [-0.39, 0.29) is 18.2 Å². The average molecular weight is 297 g/mol. The second-order valence-electron chi connectivity index (χ2n) is 4.36. The largest absolute Gasteiger partial charge is 0.476 e. The van der Waals surface area contributed by atoms with Crippen LogP contribution in [0.25, 0.3) is 11.3 Å². The minimum absolute atomic E-state index is 0.0145. The normalized spacial score (nSPS) is 10.4. The minimum atomic E-state index is -0.597. The third kappa shape index (κ3) is 2.93. The van der Waals surface area contributed by atoms with E-state index in [9.17, 15) is 10.1 Å². The quantitative estimate of drug-likeness (QED) is 0.530. The highest BCUT2D eigenvalue weighted by molar-refractivity contribution is 5.55. The molecule has 3 rings (SSSR count). The molecule has 0 saturated carbocycles. The highest BCUT2D eigenvalue weighted by atomic mass is 16.6. The summed E-state index contributed by atoms with van der Waals surface area (Å²) in [6.07, 6.45) is 2.93. The first-order valence-corrected chi connectivity index (χ1v) is 6.46. The summed E-state index contributed by atoms with van der Waals surface area (Å²) >= 11 is 0. The number of benzene rings is 1. The third-order valence-electron chi connectivity index (χ3n) is 2.89. The van der Waals surface area contributed by atoms with Crippen molar-refractivity contribution in [1.29, 1.82) is 0 Å². The Hall–Kier alpha value is -3.22. The van der Waals surface area contributed by atoms with Crippen molar-refractivity contribution in [3.05, 3.63) is 70.9 Å². The lowest BCUT2D eigenvalue weighted by Crippen LogP contribution is -2.00. The molecule has 0 atom stereocenters. The topological polar surface area (TPSA) is 91.3 Å². The molecule has 3 aromatic rings. The van der Waals surface area contributed by atoms with Crippen molar-refractivity contribution in [3.8, 4) is 17.1 Å². The Morgan fingerprint density at radius 1 is 1.14 bits per heavy atom. The van der Waals surface area contributed by atoms with E-state index >= 15 is 0 Å². The van der Waals surface area contributed by atoms with E-state index in [1.165, 1.54) is 12.3 Å². The lowest BCUT2D eigenvalue weighted by Gasteiger charge is -2.03. The molecule has 0 N–H and O–H groups in total. The van der Waals surface area contributed by atoms with E-state index in [2.05, 4.69) is 9.97 Å². The van der Waals surface area contributed by atoms with Gasteiger partial charge < -0.3 is 19.3 Å². The van der Waals surface area contributed by atoms with E-state index in [0.29, 0.717) is 11.7 Å². The molecule has 0 aliphatic heterocycles. The number of hydrogen-bond donors (Lipinski definition) is 0. The Labute approximate surface area is 125 Å². The van der Waals surface area contributed by atoms with Gasteiger partial charge in [0.25, 0.3) is 0 Å². The number of rotatable bonds is 5. The zero-order valence-electron chi connectivity index (χ0n) is 11.4. The van der Waals surface area contributed by atoms with Crippen LogP contribution in [0.1, 0.15) is 5.89 Å². The first-order valence-electron chi connectivity index (χ1n) is 6.46. The summed E-state index contributed by atoms with van der Waals surface area (Å²) in [7, 11) is 0. The molecule has 7 nitrogen and oxygen atoms in total. The van der Waals surface area contributed by atoms with Gasteiger partial charge in [0.1, 0.15) is 6.20 Å². The first-order chi connectivity index (χ1) is 10.7. The zero-order valence-corrected chi connectivity index (χ0v) is 11.4. The Balaban J connectivity index is 1.73. The van der Waals surface area contributed by atoms with Crippen molar-refractivity contribution in [2.24, 2.45) is 0 Å². The third-order valence-corrected chi connectivity index (χ3v) is 2.89. The molecule has 1 aromatic carbocycles. The summed E-state index contributed by atoms with van der Waals surface area (Å²) in [5.41, 5.74) is 0.897. The van der Waals surface area contributed by atoms with Crippen LogP contribution in [-0.4, -0.2) is 14.9 Å². The van der Waals surface area contributed by atoms with Gasteiger partial charge in [0.2, 0.25) is 11.6 Å².